The second kappa shape index (κ2) is 6.89. The van der Waals surface area contributed by atoms with Crippen LogP contribution in [-0.2, 0) is 17.4 Å². The Morgan fingerprint density at radius 2 is 2.12 bits per heavy atom. The smallest absolute Gasteiger partial charge is 0.368 e. The van der Waals surface area contributed by atoms with Crippen molar-refractivity contribution in [2.75, 3.05) is 18.0 Å². The Balaban J connectivity index is 1.82. The average molecular weight is 354 g/mol. The van der Waals surface area contributed by atoms with Crippen LogP contribution in [0, 0.1) is 11.8 Å². The normalized spacial score (nSPS) is 22.7. The highest BCUT2D eigenvalue weighted by Crippen LogP contribution is 2.41. The van der Waals surface area contributed by atoms with Gasteiger partial charge in [-0.25, -0.2) is 0 Å². The van der Waals surface area contributed by atoms with E-state index in [0.717, 1.165) is 37.6 Å². The van der Waals surface area contributed by atoms with E-state index in [1.807, 2.05) is 0 Å². The Morgan fingerprint density at radius 1 is 1.36 bits per heavy atom. The maximum absolute atomic E-state index is 13.0. The van der Waals surface area contributed by atoms with Crippen LogP contribution < -0.4 is 10.2 Å². The molecule has 1 N–H and O–H groups in total. The Hall–Kier alpha value is -1.72. The fraction of sp³-hybridized carbons (Fsp3) is 0.632. The number of hydrogen-bond acceptors (Lipinski definition) is 2. The monoisotopic (exact) mass is 354 g/mol. The lowest BCUT2D eigenvalue weighted by molar-refractivity contribution is -0.137. The SMILES string of the molecule is CC(C)CCNC(=O)[C@@H]1Cc2cc(C(F)(F)F)ccc2N2CCC[C@@H]12. The highest BCUT2D eigenvalue weighted by Gasteiger charge is 2.42. The predicted octanol–water partition coefficient (Wildman–Crippen LogP) is 4.01. The van der Waals surface area contributed by atoms with E-state index in [-0.39, 0.29) is 17.9 Å². The van der Waals surface area contributed by atoms with Crippen molar-refractivity contribution in [1.29, 1.82) is 0 Å². The first kappa shape index (κ1) is 18.1. The van der Waals surface area contributed by atoms with Gasteiger partial charge in [-0.05, 0) is 55.4 Å². The van der Waals surface area contributed by atoms with Gasteiger partial charge < -0.3 is 10.2 Å². The zero-order chi connectivity index (χ0) is 18.2. The first-order valence-corrected chi connectivity index (χ1v) is 9.02. The molecular weight excluding hydrogens is 329 g/mol. The Labute approximate surface area is 146 Å². The van der Waals surface area contributed by atoms with Gasteiger partial charge in [0, 0.05) is 24.8 Å². The number of alkyl halides is 3. The van der Waals surface area contributed by atoms with E-state index in [1.165, 1.54) is 6.07 Å². The second-order valence-corrected chi connectivity index (χ2v) is 7.53. The van der Waals surface area contributed by atoms with E-state index in [1.54, 1.807) is 6.07 Å². The van der Waals surface area contributed by atoms with E-state index >= 15 is 0 Å². The lowest BCUT2D eigenvalue weighted by Gasteiger charge is -2.39. The number of carbonyl (C=O) groups is 1. The quantitative estimate of drug-likeness (QED) is 0.886. The summed E-state index contributed by atoms with van der Waals surface area (Å²) in [4.78, 5) is 14.8. The highest BCUT2D eigenvalue weighted by atomic mass is 19.4. The molecule has 2 atom stereocenters. The molecule has 3 rings (SSSR count). The predicted molar refractivity (Wildman–Crippen MR) is 91.5 cm³/mol. The molecule has 0 radical (unpaired) electrons. The van der Waals surface area contributed by atoms with Crippen molar-refractivity contribution in [3.8, 4) is 0 Å². The fourth-order valence-electron chi connectivity index (χ4n) is 3.97. The summed E-state index contributed by atoms with van der Waals surface area (Å²) in [5.74, 6) is 0.205. The van der Waals surface area contributed by atoms with E-state index in [4.69, 9.17) is 0 Å². The molecule has 25 heavy (non-hydrogen) atoms. The summed E-state index contributed by atoms with van der Waals surface area (Å²) in [7, 11) is 0. The Kier molecular flexibility index (Phi) is 4.98. The minimum atomic E-state index is -4.36. The van der Waals surface area contributed by atoms with Crippen molar-refractivity contribution in [1.82, 2.24) is 5.32 Å². The number of amides is 1. The Bertz CT molecular complexity index is 642. The van der Waals surface area contributed by atoms with Gasteiger partial charge in [0.15, 0.2) is 0 Å². The summed E-state index contributed by atoms with van der Waals surface area (Å²) in [6, 6.07) is 4.04. The molecule has 0 aliphatic carbocycles. The van der Waals surface area contributed by atoms with Crippen molar-refractivity contribution < 1.29 is 18.0 Å². The van der Waals surface area contributed by atoms with Crippen LogP contribution in [0.5, 0.6) is 0 Å². The van der Waals surface area contributed by atoms with Gasteiger partial charge in [-0.15, -0.1) is 0 Å². The molecule has 6 heteroatoms. The van der Waals surface area contributed by atoms with Crippen LogP contribution >= 0.6 is 0 Å². The number of anilines is 1. The largest absolute Gasteiger partial charge is 0.416 e. The molecule has 1 aromatic rings. The van der Waals surface area contributed by atoms with E-state index in [0.29, 0.717) is 24.4 Å². The van der Waals surface area contributed by atoms with E-state index < -0.39 is 11.7 Å². The van der Waals surface area contributed by atoms with Gasteiger partial charge in [-0.1, -0.05) is 13.8 Å². The number of benzene rings is 1. The summed E-state index contributed by atoms with van der Waals surface area (Å²) in [5.41, 5.74) is 0.863. The zero-order valence-corrected chi connectivity index (χ0v) is 14.7. The third-order valence-electron chi connectivity index (χ3n) is 5.28. The average Bonchev–Trinajstić information content (AvgIpc) is 3.01. The topological polar surface area (TPSA) is 32.3 Å². The summed E-state index contributed by atoms with van der Waals surface area (Å²) in [6.45, 7) is 5.62. The van der Waals surface area contributed by atoms with Crippen molar-refractivity contribution in [2.24, 2.45) is 11.8 Å². The molecule has 0 bridgehead atoms. The lowest BCUT2D eigenvalue weighted by Crippen LogP contribution is -2.48. The first-order valence-electron chi connectivity index (χ1n) is 9.02. The van der Waals surface area contributed by atoms with Crippen molar-refractivity contribution in [3.05, 3.63) is 29.3 Å². The minimum Gasteiger partial charge on any atom is -0.368 e. The molecule has 1 amide bonds. The summed E-state index contributed by atoms with van der Waals surface area (Å²) < 4.78 is 39.1. The molecule has 1 fully saturated rings. The minimum absolute atomic E-state index is 0.0272. The molecule has 0 aromatic heterocycles. The molecule has 2 heterocycles. The van der Waals surface area contributed by atoms with Crippen LogP contribution in [0.1, 0.15) is 44.2 Å². The summed E-state index contributed by atoms with van der Waals surface area (Å²) in [5, 5.41) is 2.98. The van der Waals surface area contributed by atoms with Crippen LogP contribution in [0.3, 0.4) is 0 Å². The molecule has 1 saturated heterocycles. The maximum Gasteiger partial charge on any atom is 0.416 e. The third kappa shape index (κ3) is 3.77. The number of nitrogens with one attached hydrogen (secondary N) is 1. The molecule has 0 spiro atoms. The number of nitrogens with zero attached hydrogens (tertiary/aromatic N) is 1. The van der Waals surface area contributed by atoms with Gasteiger partial charge in [-0.3, -0.25) is 4.79 Å². The number of fused-ring (bicyclic) bond motifs is 3. The summed E-state index contributed by atoms with van der Waals surface area (Å²) in [6.07, 6.45) is -1.18. The van der Waals surface area contributed by atoms with Crippen LogP contribution in [0.25, 0.3) is 0 Å². The summed E-state index contributed by atoms with van der Waals surface area (Å²) >= 11 is 0. The molecule has 2 aliphatic heterocycles. The molecule has 1 aromatic carbocycles. The van der Waals surface area contributed by atoms with Crippen LogP contribution in [-0.4, -0.2) is 25.0 Å². The lowest BCUT2D eigenvalue weighted by atomic mass is 9.84. The Morgan fingerprint density at radius 3 is 2.80 bits per heavy atom. The van der Waals surface area contributed by atoms with E-state index in [9.17, 15) is 18.0 Å². The van der Waals surface area contributed by atoms with Crippen LogP contribution in [0.15, 0.2) is 18.2 Å². The number of hydrogen-bond donors (Lipinski definition) is 1. The van der Waals surface area contributed by atoms with Crippen LogP contribution in [0.2, 0.25) is 0 Å². The van der Waals surface area contributed by atoms with Gasteiger partial charge in [0.1, 0.15) is 0 Å². The number of halogens is 3. The molecular formula is C19H25F3N2O. The first-order chi connectivity index (χ1) is 11.8. The van der Waals surface area contributed by atoms with Gasteiger partial charge in [0.05, 0.1) is 11.5 Å². The number of rotatable bonds is 4. The third-order valence-corrected chi connectivity index (χ3v) is 5.28. The molecule has 3 nitrogen and oxygen atoms in total. The maximum atomic E-state index is 13.0. The molecule has 2 aliphatic rings. The van der Waals surface area contributed by atoms with Gasteiger partial charge in [-0.2, -0.15) is 13.2 Å². The highest BCUT2D eigenvalue weighted by molar-refractivity contribution is 5.82. The molecule has 0 unspecified atom stereocenters. The fourth-order valence-corrected chi connectivity index (χ4v) is 3.97. The van der Waals surface area contributed by atoms with Crippen molar-refractivity contribution in [3.63, 3.8) is 0 Å². The van der Waals surface area contributed by atoms with Gasteiger partial charge >= 0.3 is 6.18 Å². The standard InChI is InChI=1S/C19H25F3N2O/c1-12(2)7-8-23-18(25)15-11-13-10-14(19(20,21)22)5-6-16(13)24-9-3-4-17(15)24/h5-6,10,12,15,17H,3-4,7-9,11H2,1-2H3,(H,23,25)/t15-,17+/m1/s1. The molecule has 0 saturated carbocycles. The van der Waals surface area contributed by atoms with Crippen molar-refractivity contribution >= 4 is 11.6 Å². The van der Waals surface area contributed by atoms with Crippen LogP contribution in [0.4, 0.5) is 18.9 Å². The molecule has 138 valence electrons. The number of carbonyl (C=O) groups excluding carboxylic acids is 1. The second-order valence-electron chi connectivity index (χ2n) is 7.53. The van der Waals surface area contributed by atoms with Gasteiger partial charge in [0.2, 0.25) is 5.91 Å². The van der Waals surface area contributed by atoms with Gasteiger partial charge in [0.25, 0.3) is 0 Å². The zero-order valence-electron chi connectivity index (χ0n) is 14.7. The van der Waals surface area contributed by atoms with E-state index in [2.05, 4.69) is 24.1 Å². The van der Waals surface area contributed by atoms with Crippen molar-refractivity contribution in [2.45, 2.75) is 51.7 Å².